The van der Waals surface area contributed by atoms with Crippen LogP contribution in [0.1, 0.15) is 26.3 Å². The Labute approximate surface area is 873 Å². The number of fused-ring (bicyclic) bond motifs is 11. The summed E-state index contributed by atoms with van der Waals surface area (Å²) in [5.41, 5.74) is 37.2. The summed E-state index contributed by atoms with van der Waals surface area (Å²) in [5.74, 6) is 0.714. The molecule has 0 aliphatic heterocycles. The molecule has 0 spiro atoms. The van der Waals surface area contributed by atoms with E-state index in [0.717, 1.165) is 90.5 Å². The van der Waals surface area contributed by atoms with E-state index in [4.69, 9.17) is 0 Å². The first-order valence-corrected chi connectivity index (χ1v) is 51.4. The van der Waals surface area contributed by atoms with Crippen molar-refractivity contribution in [3.8, 4) is 95.2 Å². The fourth-order valence-corrected chi connectivity index (χ4v) is 21.7. The predicted octanol–water partition coefficient (Wildman–Crippen LogP) is 38.8. The van der Waals surface area contributed by atoms with Gasteiger partial charge in [-0.15, -0.1) is 0 Å². The molecule has 0 radical (unpaired) electrons. The van der Waals surface area contributed by atoms with E-state index in [9.17, 15) is 0 Å². The monoisotopic (exact) mass is 1920 g/mol. The Morgan fingerprint density at radius 2 is 0.420 bits per heavy atom. The van der Waals surface area contributed by atoms with Crippen LogP contribution in [0.2, 0.25) is 0 Å². The van der Waals surface area contributed by atoms with Crippen molar-refractivity contribution in [2.75, 3.05) is 14.7 Å². The molecule has 0 unspecified atom stereocenters. The number of aromatic nitrogens is 5. The second-order valence-electron chi connectivity index (χ2n) is 39.2. The van der Waals surface area contributed by atoms with Crippen molar-refractivity contribution in [2.24, 2.45) is 0 Å². The van der Waals surface area contributed by atoms with Gasteiger partial charge in [0.2, 0.25) is 0 Å². The molecule has 0 saturated carbocycles. The van der Waals surface area contributed by atoms with Crippen molar-refractivity contribution in [1.82, 2.24) is 23.7 Å². The highest BCUT2D eigenvalue weighted by Gasteiger charge is 2.25. The number of nitrogens with zero attached hydrogens (tertiary/aromatic N) is 8. The van der Waals surface area contributed by atoms with E-state index in [-0.39, 0.29) is 5.41 Å². The highest BCUT2D eigenvalue weighted by Crippen LogP contribution is 2.48. The lowest BCUT2D eigenvalue weighted by Crippen LogP contribution is -2.13. The first kappa shape index (κ1) is 91.6. The van der Waals surface area contributed by atoms with Gasteiger partial charge in [-0.25, -0.2) is 9.97 Å². The van der Waals surface area contributed by atoms with Crippen LogP contribution in [0.25, 0.3) is 182 Å². The van der Waals surface area contributed by atoms with Crippen LogP contribution in [0.5, 0.6) is 0 Å². The van der Waals surface area contributed by atoms with Gasteiger partial charge < -0.3 is 28.4 Å². The Morgan fingerprint density at radius 1 is 0.167 bits per heavy atom. The highest BCUT2D eigenvalue weighted by atomic mass is 15.2. The molecule has 8 nitrogen and oxygen atoms in total. The van der Waals surface area contributed by atoms with E-state index >= 15 is 0 Å². The summed E-state index contributed by atoms with van der Waals surface area (Å²) in [7, 11) is 0. The standard InChI is InChI=1S/C54H38N2.C44H30N4.C44H36N2/c1-4-14-39(15-5-1)42-24-30-47(31-25-42)55(48-32-26-43(27-33-48)40-16-6-2-7-17-40)49-34-28-44(29-35-49)46-36-45(41-18-8-3-9-19-41)37-50(38-46)56-53-22-12-10-20-51(53)52-21-11-13-23-54(52)56;1-2-17-38-31(11-1)12-9-22-41(38)47(35-25-23-32(24-26-35)44-45-27-10-28-46-44)36-15-7-13-33(29-36)34-14-8-16-37(30-34)48-42-20-5-3-18-39(42)40-19-4-6-21-43(40)48;1-44(2,3)34-25-27-35(28-26-34)45(41-24-12-14-31-13-4-5-19-38(31)41)36-17-10-15-32(29-36)33-16-11-18-37(30-33)46-42-22-8-6-20-39(42)40-21-7-9-23-43(40)46/h1-38H;1-30H;4-30H,1-3H3. The predicted molar refractivity (Wildman–Crippen MR) is 634 cm³/mol. The molecule has 4 aromatic heterocycles. The summed E-state index contributed by atoms with van der Waals surface area (Å²) in [4.78, 5) is 16.0. The lowest BCUT2D eigenvalue weighted by Gasteiger charge is -2.28. The zero-order valence-corrected chi connectivity index (χ0v) is 83.4. The van der Waals surface area contributed by atoms with Gasteiger partial charge in [-0.05, 0) is 283 Å². The molecule has 27 aromatic rings. The van der Waals surface area contributed by atoms with Crippen LogP contribution in [-0.4, -0.2) is 23.7 Å². The second kappa shape index (κ2) is 40.2. The molecule has 0 N–H and O–H groups in total. The second-order valence-corrected chi connectivity index (χ2v) is 39.2. The number of para-hydroxylation sites is 6. The maximum Gasteiger partial charge on any atom is 0.159 e. The Balaban J connectivity index is 0.000000117. The van der Waals surface area contributed by atoms with Crippen molar-refractivity contribution < 1.29 is 0 Å². The average Bonchev–Trinajstić information content (AvgIpc) is 1.63. The van der Waals surface area contributed by atoms with Gasteiger partial charge in [-0.1, -0.05) is 391 Å². The van der Waals surface area contributed by atoms with Gasteiger partial charge in [0.25, 0.3) is 0 Å². The zero-order valence-electron chi connectivity index (χ0n) is 83.4. The van der Waals surface area contributed by atoms with E-state index in [2.05, 4.69) is 617 Å². The van der Waals surface area contributed by atoms with E-state index in [1.54, 1.807) is 12.4 Å². The molecule has 0 aliphatic rings. The molecule has 150 heavy (non-hydrogen) atoms. The summed E-state index contributed by atoms with van der Waals surface area (Å²) >= 11 is 0. The van der Waals surface area contributed by atoms with Crippen LogP contribution in [0.4, 0.5) is 51.2 Å². The highest BCUT2D eigenvalue weighted by molar-refractivity contribution is 6.12. The van der Waals surface area contributed by atoms with Gasteiger partial charge in [-0.3, -0.25) is 0 Å². The third-order valence-electron chi connectivity index (χ3n) is 29.0. The van der Waals surface area contributed by atoms with E-state index in [0.29, 0.717) is 5.82 Å². The van der Waals surface area contributed by atoms with Crippen molar-refractivity contribution in [2.45, 2.75) is 26.2 Å². The Bertz CT molecular complexity index is 9330. The van der Waals surface area contributed by atoms with Gasteiger partial charge in [0.1, 0.15) is 0 Å². The minimum absolute atomic E-state index is 0.0874. The maximum absolute atomic E-state index is 4.46. The van der Waals surface area contributed by atoms with Gasteiger partial charge in [0.05, 0.1) is 44.5 Å². The Kier molecular flexibility index (Phi) is 24.6. The first-order chi connectivity index (χ1) is 74.0. The fraction of sp³-hybridized carbons (Fsp3) is 0.0282. The summed E-state index contributed by atoms with van der Waals surface area (Å²) in [6.45, 7) is 6.80. The van der Waals surface area contributed by atoms with Crippen molar-refractivity contribution in [1.29, 1.82) is 0 Å². The Morgan fingerprint density at radius 3 is 0.780 bits per heavy atom. The molecule has 0 amide bonds. The summed E-state index contributed by atoms with van der Waals surface area (Å²) in [5, 5.41) is 12.4. The fourth-order valence-electron chi connectivity index (χ4n) is 21.7. The first-order valence-electron chi connectivity index (χ1n) is 51.4. The van der Waals surface area contributed by atoms with Crippen LogP contribution < -0.4 is 14.7 Å². The van der Waals surface area contributed by atoms with Crippen molar-refractivity contribution in [3.63, 3.8) is 0 Å². The molecular formula is C142H104N8. The molecule has 8 heteroatoms. The topological polar surface area (TPSA) is 50.3 Å². The number of hydrogen-bond donors (Lipinski definition) is 0. The Hall–Kier alpha value is -19.5. The molecule has 23 aromatic carbocycles. The SMILES string of the molecule is CC(C)(C)c1ccc(N(c2cccc(-c3cccc(-n4c5ccccc5c5ccccc54)c3)c2)c2cccc3ccccc23)cc1.c1ccc(-c2ccc(N(c3ccc(-c4ccccc4)cc3)c3ccc(-c4cc(-c5ccccc5)cc(-n5c6ccccc6c6ccccc65)c4)cc3)cc2)cc1.c1cnc(-c2ccc(N(c3cccc(-c4cccc(-n5c6ccccc6c6ccccc65)c4)c3)c3cccc4ccccc34)cc2)nc1. The van der Waals surface area contributed by atoms with Gasteiger partial charge >= 0.3 is 0 Å². The normalized spacial score (nSPS) is 11.4. The minimum atomic E-state index is 0.0874. The average molecular weight is 1920 g/mol. The minimum Gasteiger partial charge on any atom is -0.311 e. The third kappa shape index (κ3) is 18.0. The van der Waals surface area contributed by atoms with Crippen molar-refractivity contribution in [3.05, 3.63) is 582 Å². The lowest BCUT2D eigenvalue weighted by molar-refractivity contribution is 0.590. The van der Waals surface area contributed by atoms with Crippen LogP contribution in [0, 0.1) is 0 Å². The molecule has 0 saturated heterocycles. The number of rotatable bonds is 19. The quantitative estimate of drug-likeness (QED) is 0.0807. The van der Waals surface area contributed by atoms with Gasteiger partial charge in [0, 0.05) is 118 Å². The number of hydrogen-bond acceptors (Lipinski definition) is 5. The van der Waals surface area contributed by atoms with Crippen LogP contribution >= 0.6 is 0 Å². The smallest absolute Gasteiger partial charge is 0.159 e. The molecule has 0 fully saturated rings. The molecule has 0 aliphatic carbocycles. The summed E-state index contributed by atoms with van der Waals surface area (Å²) in [6, 6.07) is 203. The molecule has 712 valence electrons. The van der Waals surface area contributed by atoms with Crippen molar-refractivity contribution >= 4 is 138 Å². The molecule has 4 heterocycles. The number of anilines is 9. The van der Waals surface area contributed by atoms with E-state index in [1.807, 2.05) is 6.07 Å². The van der Waals surface area contributed by atoms with Crippen LogP contribution in [0.15, 0.2) is 577 Å². The zero-order chi connectivity index (χ0) is 100. The maximum atomic E-state index is 4.46. The summed E-state index contributed by atoms with van der Waals surface area (Å²) in [6.07, 6.45) is 3.56. The van der Waals surface area contributed by atoms with Crippen LogP contribution in [0.3, 0.4) is 0 Å². The number of benzene rings is 23. The lowest BCUT2D eigenvalue weighted by atomic mass is 9.87. The van der Waals surface area contributed by atoms with Gasteiger partial charge in [0.15, 0.2) is 5.82 Å². The van der Waals surface area contributed by atoms with Gasteiger partial charge in [-0.2, -0.15) is 0 Å². The van der Waals surface area contributed by atoms with E-state index in [1.165, 1.54) is 143 Å². The molecular weight excluding hydrogens is 1820 g/mol. The largest absolute Gasteiger partial charge is 0.311 e. The molecule has 0 atom stereocenters. The third-order valence-corrected chi connectivity index (χ3v) is 29.0. The molecule has 0 bridgehead atoms. The molecule has 27 rings (SSSR count). The summed E-state index contributed by atoms with van der Waals surface area (Å²) < 4.78 is 7.17. The van der Waals surface area contributed by atoms with Crippen LogP contribution in [-0.2, 0) is 5.41 Å². The van der Waals surface area contributed by atoms with E-state index < -0.39 is 0 Å².